The highest BCUT2D eigenvalue weighted by Gasteiger charge is 2.36. The lowest BCUT2D eigenvalue weighted by Gasteiger charge is -2.37. The van der Waals surface area contributed by atoms with Crippen LogP contribution in [-0.2, 0) is 16.1 Å². The molecule has 4 heteroatoms. The number of amides is 2. The summed E-state index contributed by atoms with van der Waals surface area (Å²) in [7, 11) is 0. The predicted molar refractivity (Wildman–Crippen MR) is 78.1 cm³/mol. The molecule has 0 aliphatic carbocycles. The predicted octanol–water partition coefficient (Wildman–Crippen LogP) is 1.79. The standard InChI is InChI=1S/C16H22N2O2/c1-10(2)15-16(20)17-8-14(19)18(15)9-13-7-11(3)5-6-12(13)4/h5-7,10,15H,8-9H2,1-4H3,(H,17,20). The van der Waals surface area contributed by atoms with Crippen molar-refractivity contribution in [2.24, 2.45) is 5.92 Å². The van der Waals surface area contributed by atoms with Crippen molar-refractivity contribution in [3.63, 3.8) is 0 Å². The van der Waals surface area contributed by atoms with Gasteiger partial charge in [0.1, 0.15) is 6.04 Å². The molecule has 1 aliphatic heterocycles. The van der Waals surface area contributed by atoms with Crippen molar-refractivity contribution >= 4 is 11.8 Å². The lowest BCUT2D eigenvalue weighted by molar-refractivity contribution is -0.148. The van der Waals surface area contributed by atoms with Crippen molar-refractivity contribution in [3.8, 4) is 0 Å². The fourth-order valence-corrected chi connectivity index (χ4v) is 2.67. The first-order valence-electron chi connectivity index (χ1n) is 7.03. The van der Waals surface area contributed by atoms with Gasteiger partial charge in [-0.25, -0.2) is 0 Å². The Bertz CT molecular complexity index is 537. The molecule has 0 bridgehead atoms. The molecule has 0 saturated carbocycles. The fourth-order valence-electron chi connectivity index (χ4n) is 2.67. The van der Waals surface area contributed by atoms with E-state index in [4.69, 9.17) is 0 Å². The van der Waals surface area contributed by atoms with E-state index in [2.05, 4.69) is 23.5 Å². The zero-order chi connectivity index (χ0) is 14.9. The van der Waals surface area contributed by atoms with Crippen LogP contribution in [0.2, 0.25) is 0 Å². The highest BCUT2D eigenvalue weighted by molar-refractivity contribution is 5.94. The molecule has 1 aliphatic rings. The largest absolute Gasteiger partial charge is 0.345 e. The summed E-state index contributed by atoms with van der Waals surface area (Å²) in [6, 6.07) is 5.83. The number of benzene rings is 1. The second kappa shape index (κ2) is 5.65. The molecule has 1 atom stereocenters. The molecule has 0 radical (unpaired) electrons. The van der Waals surface area contributed by atoms with Crippen molar-refractivity contribution in [2.45, 2.75) is 40.3 Å². The maximum Gasteiger partial charge on any atom is 0.243 e. The van der Waals surface area contributed by atoms with E-state index in [1.165, 1.54) is 5.56 Å². The van der Waals surface area contributed by atoms with Gasteiger partial charge in [0.05, 0.1) is 6.54 Å². The molecule has 1 unspecified atom stereocenters. The number of aryl methyl sites for hydroxylation is 2. The number of nitrogens with zero attached hydrogens (tertiary/aromatic N) is 1. The monoisotopic (exact) mass is 274 g/mol. The van der Waals surface area contributed by atoms with Gasteiger partial charge in [-0.15, -0.1) is 0 Å². The van der Waals surface area contributed by atoms with E-state index in [0.29, 0.717) is 6.54 Å². The number of nitrogens with one attached hydrogen (secondary N) is 1. The van der Waals surface area contributed by atoms with Gasteiger partial charge in [-0.3, -0.25) is 9.59 Å². The number of carbonyl (C=O) groups is 2. The van der Waals surface area contributed by atoms with Gasteiger partial charge in [0.2, 0.25) is 11.8 Å². The average Bonchev–Trinajstić information content (AvgIpc) is 2.37. The van der Waals surface area contributed by atoms with E-state index in [-0.39, 0.29) is 30.3 Å². The molecule has 2 amide bonds. The molecule has 1 aromatic rings. The van der Waals surface area contributed by atoms with E-state index in [9.17, 15) is 9.59 Å². The number of hydrogen-bond donors (Lipinski definition) is 1. The number of piperazine rings is 1. The van der Waals surface area contributed by atoms with Gasteiger partial charge < -0.3 is 10.2 Å². The molecule has 1 heterocycles. The Kier molecular flexibility index (Phi) is 4.12. The summed E-state index contributed by atoms with van der Waals surface area (Å²) in [5.74, 6) is 0.0403. The van der Waals surface area contributed by atoms with E-state index < -0.39 is 0 Å². The number of hydrogen-bond acceptors (Lipinski definition) is 2. The quantitative estimate of drug-likeness (QED) is 0.913. The van der Waals surface area contributed by atoms with Crippen LogP contribution in [-0.4, -0.2) is 29.3 Å². The second-order valence-electron chi connectivity index (χ2n) is 5.86. The maximum atomic E-state index is 12.2. The zero-order valence-electron chi connectivity index (χ0n) is 12.6. The van der Waals surface area contributed by atoms with Gasteiger partial charge in [0.25, 0.3) is 0 Å². The van der Waals surface area contributed by atoms with Crippen LogP contribution < -0.4 is 5.32 Å². The molecule has 1 aromatic carbocycles. The van der Waals surface area contributed by atoms with Crippen LogP contribution in [0.1, 0.15) is 30.5 Å². The molecular weight excluding hydrogens is 252 g/mol. The molecular formula is C16H22N2O2. The van der Waals surface area contributed by atoms with Crippen LogP contribution in [0.5, 0.6) is 0 Å². The number of carbonyl (C=O) groups excluding carboxylic acids is 2. The number of rotatable bonds is 3. The van der Waals surface area contributed by atoms with E-state index in [0.717, 1.165) is 11.1 Å². The summed E-state index contributed by atoms with van der Waals surface area (Å²) < 4.78 is 0. The summed E-state index contributed by atoms with van der Waals surface area (Å²) in [6.45, 7) is 8.62. The smallest absolute Gasteiger partial charge is 0.243 e. The first-order chi connectivity index (χ1) is 9.40. The fraction of sp³-hybridized carbons (Fsp3) is 0.500. The lowest BCUT2D eigenvalue weighted by atomic mass is 9.97. The van der Waals surface area contributed by atoms with Crippen molar-refractivity contribution < 1.29 is 9.59 Å². The SMILES string of the molecule is Cc1ccc(C)c(CN2C(=O)CNC(=O)C2C(C)C)c1. The molecule has 1 N–H and O–H groups in total. The Hall–Kier alpha value is -1.84. The molecule has 4 nitrogen and oxygen atoms in total. The van der Waals surface area contributed by atoms with Gasteiger partial charge >= 0.3 is 0 Å². The van der Waals surface area contributed by atoms with Crippen molar-refractivity contribution in [2.75, 3.05) is 6.54 Å². The van der Waals surface area contributed by atoms with Gasteiger partial charge in [0.15, 0.2) is 0 Å². The minimum Gasteiger partial charge on any atom is -0.345 e. The Morgan fingerprint density at radius 1 is 1.30 bits per heavy atom. The Balaban J connectivity index is 2.30. The highest BCUT2D eigenvalue weighted by Crippen LogP contribution is 2.20. The molecule has 0 aromatic heterocycles. The minimum absolute atomic E-state index is 0.00999. The highest BCUT2D eigenvalue weighted by atomic mass is 16.2. The first-order valence-corrected chi connectivity index (χ1v) is 7.03. The second-order valence-corrected chi connectivity index (χ2v) is 5.86. The third kappa shape index (κ3) is 2.84. The topological polar surface area (TPSA) is 49.4 Å². The minimum atomic E-state index is -0.379. The van der Waals surface area contributed by atoms with E-state index in [1.807, 2.05) is 27.7 Å². The molecule has 108 valence electrons. The van der Waals surface area contributed by atoms with Crippen molar-refractivity contribution in [3.05, 3.63) is 34.9 Å². The summed E-state index contributed by atoms with van der Waals surface area (Å²) >= 11 is 0. The van der Waals surface area contributed by atoms with E-state index >= 15 is 0 Å². The maximum absolute atomic E-state index is 12.2. The van der Waals surface area contributed by atoms with Gasteiger partial charge in [0, 0.05) is 6.54 Å². The molecule has 1 fully saturated rings. The Morgan fingerprint density at radius 3 is 2.65 bits per heavy atom. The Morgan fingerprint density at radius 2 is 2.00 bits per heavy atom. The van der Waals surface area contributed by atoms with Crippen molar-refractivity contribution in [1.82, 2.24) is 10.2 Å². The molecule has 1 saturated heterocycles. The van der Waals surface area contributed by atoms with E-state index in [1.54, 1.807) is 4.90 Å². The molecule has 0 spiro atoms. The van der Waals surface area contributed by atoms with Crippen LogP contribution in [0, 0.1) is 19.8 Å². The first kappa shape index (κ1) is 14.6. The van der Waals surface area contributed by atoms with Gasteiger partial charge in [-0.05, 0) is 30.9 Å². The van der Waals surface area contributed by atoms with Crippen LogP contribution in [0.4, 0.5) is 0 Å². The summed E-state index contributed by atoms with van der Waals surface area (Å²) in [5.41, 5.74) is 3.43. The summed E-state index contributed by atoms with van der Waals surface area (Å²) in [4.78, 5) is 25.9. The Labute approximate surface area is 120 Å². The van der Waals surface area contributed by atoms with Crippen LogP contribution in [0.3, 0.4) is 0 Å². The average molecular weight is 274 g/mol. The van der Waals surface area contributed by atoms with Crippen molar-refractivity contribution in [1.29, 1.82) is 0 Å². The summed E-state index contributed by atoms with van der Waals surface area (Å²) in [5, 5.41) is 2.67. The third-order valence-corrected chi connectivity index (χ3v) is 3.82. The van der Waals surface area contributed by atoms with Crippen LogP contribution >= 0.6 is 0 Å². The van der Waals surface area contributed by atoms with Crippen LogP contribution in [0.15, 0.2) is 18.2 Å². The molecule has 2 rings (SSSR count). The third-order valence-electron chi connectivity index (χ3n) is 3.82. The zero-order valence-corrected chi connectivity index (χ0v) is 12.6. The van der Waals surface area contributed by atoms with Crippen LogP contribution in [0.25, 0.3) is 0 Å². The molecule has 20 heavy (non-hydrogen) atoms. The van der Waals surface area contributed by atoms with Gasteiger partial charge in [-0.2, -0.15) is 0 Å². The summed E-state index contributed by atoms with van der Waals surface area (Å²) in [6.07, 6.45) is 0. The normalized spacial score (nSPS) is 19.4. The lowest BCUT2D eigenvalue weighted by Crippen LogP contribution is -2.59. The van der Waals surface area contributed by atoms with Gasteiger partial charge in [-0.1, -0.05) is 37.6 Å².